The number of nitrogens with one attached hydrogen (secondary N) is 1. The van der Waals surface area contributed by atoms with Crippen molar-refractivity contribution in [2.45, 2.75) is 26.8 Å². The Morgan fingerprint density at radius 2 is 2.08 bits per heavy atom. The van der Waals surface area contributed by atoms with Gasteiger partial charge in [-0.3, -0.25) is 14.7 Å². The van der Waals surface area contributed by atoms with Crippen LogP contribution >= 0.6 is 0 Å². The summed E-state index contributed by atoms with van der Waals surface area (Å²) in [6.07, 6.45) is 5.61. The number of pyridine rings is 1. The third kappa shape index (κ3) is 4.76. The van der Waals surface area contributed by atoms with Gasteiger partial charge in [-0.15, -0.1) is 0 Å². The van der Waals surface area contributed by atoms with Crippen LogP contribution in [0.5, 0.6) is 0 Å². The fraction of sp³-hybridized carbons (Fsp3) is 0.474. The van der Waals surface area contributed by atoms with E-state index in [-0.39, 0.29) is 11.9 Å². The van der Waals surface area contributed by atoms with E-state index in [0.717, 1.165) is 43.1 Å². The number of allylic oxidation sites excluding steroid dienone is 2. The van der Waals surface area contributed by atoms with E-state index >= 15 is 0 Å². The molecule has 1 aliphatic heterocycles. The van der Waals surface area contributed by atoms with Crippen molar-refractivity contribution in [1.29, 1.82) is 0 Å². The summed E-state index contributed by atoms with van der Waals surface area (Å²) in [6, 6.07) is 5.97. The molecule has 0 radical (unpaired) electrons. The monoisotopic (exact) mass is 329 g/mol. The lowest BCUT2D eigenvalue weighted by atomic mass is 10.1. The molecule has 1 amide bonds. The van der Waals surface area contributed by atoms with Crippen LogP contribution in [0.2, 0.25) is 0 Å². The van der Waals surface area contributed by atoms with E-state index in [1.54, 1.807) is 6.20 Å². The Hall–Kier alpha value is -1.98. The van der Waals surface area contributed by atoms with Crippen molar-refractivity contribution in [3.05, 3.63) is 53.4 Å². The molecule has 1 N–H and O–H groups in total. The highest BCUT2D eigenvalue weighted by atomic mass is 16.5. The van der Waals surface area contributed by atoms with Crippen molar-refractivity contribution < 1.29 is 9.53 Å². The number of carbonyl (C=O) groups excluding carboxylic acids is 1. The lowest BCUT2D eigenvalue weighted by Gasteiger charge is -2.34. The average Bonchev–Trinajstić information content (AvgIpc) is 2.64. The topological polar surface area (TPSA) is 54.5 Å². The van der Waals surface area contributed by atoms with Crippen molar-refractivity contribution in [2.75, 3.05) is 32.8 Å². The Bertz CT molecular complexity index is 590. The van der Waals surface area contributed by atoms with Gasteiger partial charge in [0.2, 0.25) is 0 Å². The molecule has 0 spiro atoms. The molecule has 1 aromatic rings. The molecule has 130 valence electrons. The molecule has 0 aliphatic carbocycles. The minimum absolute atomic E-state index is 0.0395. The van der Waals surface area contributed by atoms with Gasteiger partial charge in [0, 0.05) is 31.4 Å². The third-order valence-corrected chi connectivity index (χ3v) is 4.36. The van der Waals surface area contributed by atoms with Crippen molar-refractivity contribution in [1.82, 2.24) is 15.2 Å². The Balaban J connectivity index is 2.10. The average molecular weight is 329 g/mol. The SMILES string of the molecule is C/C=C(C)\C(=C/C)C(=O)NCC(c1ccccn1)N1CCOCC1. The predicted molar refractivity (Wildman–Crippen MR) is 95.6 cm³/mol. The van der Waals surface area contributed by atoms with E-state index in [2.05, 4.69) is 15.2 Å². The Morgan fingerprint density at radius 1 is 1.33 bits per heavy atom. The Kier molecular flexibility index (Phi) is 7.15. The largest absolute Gasteiger partial charge is 0.379 e. The van der Waals surface area contributed by atoms with E-state index in [4.69, 9.17) is 4.74 Å². The molecule has 1 aromatic heterocycles. The molecular weight excluding hydrogens is 302 g/mol. The van der Waals surface area contributed by atoms with E-state index in [1.807, 2.05) is 51.1 Å². The van der Waals surface area contributed by atoms with Crippen LogP contribution in [0.3, 0.4) is 0 Å². The summed E-state index contributed by atoms with van der Waals surface area (Å²) in [6.45, 7) is 9.45. The number of carbonyl (C=O) groups is 1. The summed E-state index contributed by atoms with van der Waals surface area (Å²) in [5, 5.41) is 3.07. The molecule has 1 aliphatic rings. The molecule has 5 nitrogen and oxygen atoms in total. The molecule has 1 saturated heterocycles. The number of ether oxygens (including phenoxy) is 1. The van der Waals surface area contributed by atoms with E-state index < -0.39 is 0 Å². The number of amides is 1. The molecule has 5 heteroatoms. The van der Waals surface area contributed by atoms with Crippen molar-refractivity contribution in [3.63, 3.8) is 0 Å². The first kappa shape index (κ1) is 18.4. The number of hydrogen-bond donors (Lipinski definition) is 1. The van der Waals surface area contributed by atoms with Gasteiger partial charge < -0.3 is 10.1 Å². The zero-order valence-corrected chi connectivity index (χ0v) is 14.8. The van der Waals surface area contributed by atoms with Crippen LogP contribution in [0.1, 0.15) is 32.5 Å². The van der Waals surface area contributed by atoms with Gasteiger partial charge in [0.05, 0.1) is 24.9 Å². The van der Waals surface area contributed by atoms with Gasteiger partial charge in [0.25, 0.3) is 5.91 Å². The summed E-state index contributed by atoms with van der Waals surface area (Å²) in [4.78, 5) is 19.3. The summed E-state index contributed by atoms with van der Waals surface area (Å²) in [5.41, 5.74) is 2.68. The van der Waals surface area contributed by atoms with Gasteiger partial charge in [-0.05, 0) is 38.5 Å². The number of nitrogens with zero attached hydrogens (tertiary/aromatic N) is 2. The number of rotatable bonds is 6. The molecular formula is C19H27N3O2. The van der Waals surface area contributed by atoms with Crippen LogP contribution < -0.4 is 5.32 Å². The van der Waals surface area contributed by atoms with Crippen LogP contribution in [0.25, 0.3) is 0 Å². The van der Waals surface area contributed by atoms with Gasteiger partial charge in [0.1, 0.15) is 0 Å². The lowest BCUT2D eigenvalue weighted by molar-refractivity contribution is -0.117. The summed E-state index contributed by atoms with van der Waals surface area (Å²) < 4.78 is 5.45. The predicted octanol–water partition coefficient (Wildman–Crippen LogP) is 2.48. The third-order valence-electron chi connectivity index (χ3n) is 4.36. The fourth-order valence-corrected chi connectivity index (χ4v) is 2.86. The maximum absolute atomic E-state index is 12.5. The van der Waals surface area contributed by atoms with Crippen LogP contribution in [-0.4, -0.2) is 48.6 Å². The first-order chi connectivity index (χ1) is 11.7. The Labute approximate surface area is 144 Å². The summed E-state index contributed by atoms with van der Waals surface area (Å²) in [7, 11) is 0. The molecule has 24 heavy (non-hydrogen) atoms. The maximum atomic E-state index is 12.5. The van der Waals surface area contributed by atoms with Gasteiger partial charge >= 0.3 is 0 Å². The normalized spacial score (nSPS) is 18.3. The first-order valence-electron chi connectivity index (χ1n) is 8.48. The quantitative estimate of drug-likeness (QED) is 0.643. The highest BCUT2D eigenvalue weighted by molar-refractivity contribution is 5.97. The molecule has 0 aromatic carbocycles. The maximum Gasteiger partial charge on any atom is 0.251 e. The molecule has 1 fully saturated rings. The highest BCUT2D eigenvalue weighted by Crippen LogP contribution is 2.19. The Morgan fingerprint density at radius 3 is 2.67 bits per heavy atom. The molecule has 0 saturated carbocycles. The molecule has 1 unspecified atom stereocenters. The zero-order valence-electron chi connectivity index (χ0n) is 14.8. The van der Waals surface area contributed by atoms with E-state index in [1.165, 1.54) is 0 Å². The minimum Gasteiger partial charge on any atom is -0.379 e. The fourth-order valence-electron chi connectivity index (χ4n) is 2.86. The van der Waals surface area contributed by atoms with Crippen LogP contribution in [0, 0.1) is 0 Å². The van der Waals surface area contributed by atoms with Crippen LogP contribution in [0.4, 0.5) is 0 Å². The van der Waals surface area contributed by atoms with Gasteiger partial charge in [0.15, 0.2) is 0 Å². The standard InChI is InChI=1S/C19H27N3O2/c1-4-15(3)16(5-2)19(23)21-14-18(17-8-6-7-9-20-17)22-10-12-24-13-11-22/h4-9,18H,10-14H2,1-3H3,(H,21,23)/b15-4-,16-5+. The number of hydrogen-bond acceptors (Lipinski definition) is 4. The second-order valence-electron chi connectivity index (χ2n) is 5.80. The number of aromatic nitrogens is 1. The smallest absolute Gasteiger partial charge is 0.251 e. The van der Waals surface area contributed by atoms with E-state index in [0.29, 0.717) is 6.54 Å². The van der Waals surface area contributed by atoms with Gasteiger partial charge in [-0.1, -0.05) is 18.2 Å². The molecule has 0 bridgehead atoms. The van der Waals surface area contributed by atoms with Crippen molar-refractivity contribution >= 4 is 5.91 Å². The van der Waals surface area contributed by atoms with E-state index in [9.17, 15) is 4.79 Å². The zero-order chi connectivity index (χ0) is 17.4. The van der Waals surface area contributed by atoms with Crippen LogP contribution in [-0.2, 0) is 9.53 Å². The van der Waals surface area contributed by atoms with Crippen LogP contribution in [0.15, 0.2) is 47.7 Å². The molecule has 1 atom stereocenters. The molecule has 2 heterocycles. The van der Waals surface area contributed by atoms with Gasteiger partial charge in [-0.2, -0.15) is 0 Å². The first-order valence-corrected chi connectivity index (χ1v) is 8.48. The van der Waals surface area contributed by atoms with Gasteiger partial charge in [-0.25, -0.2) is 0 Å². The minimum atomic E-state index is -0.0395. The highest BCUT2D eigenvalue weighted by Gasteiger charge is 2.24. The lowest BCUT2D eigenvalue weighted by Crippen LogP contribution is -2.44. The molecule has 2 rings (SSSR count). The second kappa shape index (κ2) is 9.35. The second-order valence-corrected chi connectivity index (χ2v) is 5.80. The summed E-state index contributed by atoms with van der Waals surface area (Å²) >= 11 is 0. The number of morpholine rings is 1. The van der Waals surface area contributed by atoms with Crippen molar-refractivity contribution in [3.8, 4) is 0 Å². The summed E-state index contributed by atoms with van der Waals surface area (Å²) in [5.74, 6) is -0.0395. The van der Waals surface area contributed by atoms with Crippen molar-refractivity contribution in [2.24, 2.45) is 0 Å².